The van der Waals surface area contributed by atoms with Gasteiger partial charge in [-0.05, 0) is 12.1 Å². The van der Waals surface area contributed by atoms with E-state index >= 15 is 0 Å². The largest absolute Gasteiger partial charge is 0.472 e. The Kier molecular flexibility index (Phi) is 3.82. The monoisotopic (exact) mass is 280 g/mol. The number of furan rings is 1. The first-order chi connectivity index (χ1) is 9.08. The molecule has 6 nitrogen and oxygen atoms in total. The fraction of sp³-hybridized carbons (Fsp3) is 0.0833. The maximum Gasteiger partial charge on any atom is 0.270 e. The molecule has 0 saturated carbocycles. The Morgan fingerprint density at radius 2 is 2.21 bits per heavy atom. The van der Waals surface area contributed by atoms with Crippen molar-refractivity contribution in [3.63, 3.8) is 0 Å². The van der Waals surface area contributed by atoms with Crippen LogP contribution in [0.25, 0.3) is 0 Å². The molecule has 2 rings (SSSR count). The summed E-state index contributed by atoms with van der Waals surface area (Å²) in [5, 5.41) is 13.2. The Hall–Kier alpha value is -2.34. The van der Waals surface area contributed by atoms with Gasteiger partial charge in [0.2, 0.25) is 0 Å². The van der Waals surface area contributed by atoms with Crippen molar-refractivity contribution in [3.05, 3.63) is 63.1 Å². The smallest absolute Gasteiger partial charge is 0.270 e. The number of carbonyl (C=O) groups excluding carboxylic acids is 1. The summed E-state index contributed by atoms with van der Waals surface area (Å²) in [6.07, 6.45) is 3.01. The molecule has 0 aliphatic heterocycles. The highest BCUT2D eigenvalue weighted by Gasteiger charge is 2.14. The van der Waals surface area contributed by atoms with Gasteiger partial charge in [-0.2, -0.15) is 0 Å². The molecule has 0 saturated heterocycles. The maximum absolute atomic E-state index is 11.8. The van der Waals surface area contributed by atoms with E-state index in [1.165, 1.54) is 24.7 Å². The number of benzene rings is 1. The van der Waals surface area contributed by atoms with Gasteiger partial charge >= 0.3 is 0 Å². The third-order valence-electron chi connectivity index (χ3n) is 2.44. The lowest BCUT2D eigenvalue weighted by atomic mass is 10.2. The van der Waals surface area contributed by atoms with E-state index < -0.39 is 10.8 Å². The summed E-state index contributed by atoms with van der Waals surface area (Å²) in [6, 6.07) is 5.43. The summed E-state index contributed by atoms with van der Waals surface area (Å²) in [5.41, 5.74) is 0.846. The SMILES string of the molecule is O=C(NCc1ccoc1)c1ccc([N+](=O)[O-])cc1Cl. The van der Waals surface area contributed by atoms with E-state index in [0.29, 0.717) is 6.54 Å². The van der Waals surface area contributed by atoms with Crippen molar-refractivity contribution in [2.45, 2.75) is 6.54 Å². The molecule has 19 heavy (non-hydrogen) atoms. The van der Waals surface area contributed by atoms with E-state index in [0.717, 1.165) is 11.6 Å². The molecule has 7 heteroatoms. The number of nitro groups is 1. The second-order valence-electron chi connectivity index (χ2n) is 3.74. The van der Waals surface area contributed by atoms with E-state index in [4.69, 9.17) is 16.0 Å². The summed E-state index contributed by atoms with van der Waals surface area (Å²) >= 11 is 5.85. The Morgan fingerprint density at radius 1 is 1.42 bits per heavy atom. The summed E-state index contributed by atoms with van der Waals surface area (Å²) in [4.78, 5) is 21.8. The van der Waals surface area contributed by atoms with Gasteiger partial charge in [-0.15, -0.1) is 0 Å². The lowest BCUT2D eigenvalue weighted by molar-refractivity contribution is -0.384. The first-order valence-electron chi connectivity index (χ1n) is 5.31. The second kappa shape index (κ2) is 5.53. The average molecular weight is 281 g/mol. The number of nitrogens with one attached hydrogen (secondary N) is 1. The van der Waals surface area contributed by atoms with Crippen LogP contribution in [-0.2, 0) is 6.54 Å². The Bertz CT molecular complexity index is 610. The molecular weight excluding hydrogens is 272 g/mol. The van der Waals surface area contributed by atoms with Crippen LogP contribution in [-0.4, -0.2) is 10.8 Å². The predicted octanol–water partition coefficient (Wildman–Crippen LogP) is 2.77. The van der Waals surface area contributed by atoms with Crippen molar-refractivity contribution in [1.29, 1.82) is 0 Å². The fourth-order valence-electron chi connectivity index (χ4n) is 1.47. The van der Waals surface area contributed by atoms with Crippen molar-refractivity contribution in [2.75, 3.05) is 0 Å². The summed E-state index contributed by atoms with van der Waals surface area (Å²) in [6.45, 7) is 0.294. The second-order valence-corrected chi connectivity index (χ2v) is 4.14. The third-order valence-corrected chi connectivity index (χ3v) is 2.75. The fourth-order valence-corrected chi connectivity index (χ4v) is 1.73. The highest BCUT2D eigenvalue weighted by atomic mass is 35.5. The number of carbonyl (C=O) groups is 1. The van der Waals surface area contributed by atoms with Crippen molar-refractivity contribution in [3.8, 4) is 0 Å². The zero-order valence-electron chi connectivity index (χ0n) is 9.63. The normalized spacial score (nSPS) is 10.2. The standard InChI is InChI=1S/C12H9ClN2O4/c13-11-5-9(15(17)18)1-2-10(11)12(16)14-6-8-3-4-19-7-8/h1-5,7H,6H2,(H,14,16). The Morgan fingerprint density at radius 3 is 2.79 bits per heavy atom. The lowest BCUT2D eigenvalue weighted by Crippen LogP contribution is -2.22. The van der Waals surface area contributed by atoms with Crippen molar-refractivity contribution >= 4 is 23.2 Å². The minimum absolute atomic E-state index is 0.0406. The van der Waals surface area contributed by atoms with Crippen LogP contribution in [0.2, 0.25) is 5.02 Å². The number of nitrogens with zero attached hydrogens (tertiary/aromatic N) is 1. The molecule has 1 amide bonds. The first kappa shape index (κ1) is 13.1. The number of nitro benzene ring substituents is 1. The van der Waals surface area contributed by atoms with Gasteiger partial charge in [0.05, 0.1) is 28.0 Å². The Labute approximate surface area is 113 Å². The number of hydrogen-bond acceptors (Lipinski definition) is 4. The van der Waals surface area contributed by atoms with Crippen LogP contribution in [0.15, 0.2) is 41.2 Å². The highest BCUT2D eigenvalue weighted by molar-refractivity contribution is 6.34. The molecule has 1 heterocycles. The average Bonchev–Trinajstić information content (AvgIpc) is 2.88. The minimum atomic E-state index is -0.570. The van der Waals surface area contributed by atoms with Crippen LogP contribution in [0.5, 0.6) is 0 Å². The molecule has 0 fully saturated rings. The van der Waals surface area contributed by atoms with Gasteiger partial charge in [-0.1, -0.05) is 11.6 Å². The zero-order chi connectivity index (χ0) is 13.8. The minimum Gasteiger partial charge on any atom is -0.472 e. The number of halogens is 1. The van der Waals surface area contributed by atoms with Crippen molar-refractivity contribution < 1.29 is 14.1 Å². The third kappa shape index (κ3) is 3.11. The van der Waals surface area contributed by atoms with Gasteiger partial charge in [0.25, 0.3) is 11.6 Å². The van der Waals surface area contributed by atoms with Crippen LogP contribution in [0.3, 0.4) is 0 Å². The van der Waals surface area contributed by atoms with E-state index in [9.17, 15) is 14.9 Å². The van der Waals surface area contributed by atoms with Gasteiger partial charge in [-0.25, -0.2) is 0 Å². The van der Waals surface area contributed by atoms with Gasteiger partial charge in [0.1, 0.15) is 0 Å². The van der Waals surface area contributed by atoms with E-state index in [2.05, 4.69) is 5.32 Å². The number of non-ortho nitro benzene ring substituents is 1. The van der Waals surface area contributed by atoms with Gasteiger partial charge in [0.15, 0.2) is 0 Å². The quantitative estimate of drug-likeness (QED) is 0.689. The first-order valence-corrected chi connectivity index (χ1v) is 5.69. The van der Waals surface area contributed by atoms with Crippen LogP contribution in [0, 0.1) is 10.1 Å². The number of hydrogen-bond donors (Lipinski definition) is 1. The molecule has 0 aliphatic rings. The molecule has 2 aromatic rings. The molecular formula is C12H9ClN2O4. The summed E-state index contributed by atoms with van der Waals surface area (Å²) < 4.78 is 4.87. The van der Waals surface area contributed by atoms with E-state index in [1.54, 1.807) is 6.07 Å². The molecule has 0 bridgehead atoms. The molecule has 1 aromatic carbocycles. The van der Waals surface area contributed by atoms with Gasteiger partial charge in [0, 0.05) is 24.2 Å². The molecule has 0 radical (unpaired) electrons. The van der Waals surface area contributed by atoms with Crippen molar-refractivity contribution in [2.24, 2.45) is 0 Å². The molecule has 1 aromatic heterocycles. The molecule has 1 N–H and O–H groups in total. The summed E-state index contributed by atoms with van der Waals surface area (Å²) in [7, 11) is 0. The van der Waals surface area contributed by atoms with E-state index in [1.807, 2.05) is 0 Å². The molecule has 0 aliphatic carbocycles. The van der Waals surface area contributed by atoms with Crippen LogP contribution >= 0.6 is 11.6 Å². The van der Waals surface area contributed by atoms with E-state index in [-0.39, 0.29) is 16.3 Å². The summed E-state index contributed by atoms with van der Waals surface area (Å²) in [5.74, 6) is -0.402. The number of rotatable bonds is 4. The van der Waals surface area contributed by atoms with Crippen LogP contribution in [0.1, 0.15) is 15.9 Å². The molecule has 98 valence electrons. The van der Waals surface area contributed by atoms with Crippen molar-refractivity contribution in [1.82, 2.24) is 5.32 Å². The highest BCUT2D eigenvalue weighted by Crippen LogP contribution is 2.22. The van der Waals surface area contributed by atoms with Gasteiger partial charge < -0.3 is 9.73 Å². The Balaban J connectivity index is 2.09. The molecule has 0 unspecified atom stereocenters. The van der Waals surface area contributed by atoms with Gasteiger partial charge in [-0.3, -0.25) is 14.9 Å². The zero-order valence-corrected chi connectivity index (χ0v) is 10.4. The predicted molar refractivity (Wildman–Crippen MR) is 68.0 cm³/mol. The van der Waals surface area contributed by atoms with Crippen LogP contribution < -0.4 is 5.32 Å². The topological polar surface area (TPSA) is 85.4 Å². The molecule has 0 atom stereocenters. The lowest BCUT2D eigenvalue weighted by Gasteiger charge is -2.05. The number of amides is 1. The molecule has 0 spiro atoms. The van der Waals surface area contributed by atoms with Crippen LogP contribution in [0.4, 0.5) is 5.69 Å². The maximum atomic E-state index is 11.8.